The van der Waals surface area contributed by atoms with Crippen molar-refractivity contribution in [1.29, 1.82) is 0 Å². The summed E-state index contributed by atoms with van der Waals surface area (Å²) in [5, 5.41) is 0. The zero-order valence-corrected chi connectivity index (χ0v) is 21.0. The van der Waals surface area contributed by atoms with E-state index in [0.717, 1.165) is 33.6 Å². The predicted molar refractivity (Wildman–Crippen MR) is 150 cm³/mol. The van der Waals surface area contributed by atoms with Crippen LogP contribution in [0.15, 0.2) is 131 Å². The van der Waals surface area contributed by atoms with E-state index in [0.29, 0.717) is 34.7 Å². The fourth-order valence-corrected chi connectivity index (χ4v) is 4.30. The highest BCUT2D eigenvalue weighted by molar-refractivity contribution is 5.67. The first-order chi connectivity index (χ1) is 19.8. The molecule has 0 spiro atoms. The molecular weight excluding hydrogens is 500 g/mol. The Morgan fingerprint density at radius 3 is 1.27 bits per heavy atom. The lowest BCUT2D eigenvalue weighted by Crippen LogP contribution is -1.87. The quantitative estimate of drug-likeness (QED) is 0.226. The maximum Gasteiger partial charge on any atom is 0.226 e. The summed E-state index contributed by atoms with van der Waals surface area (Å²) in [7, 11) is 0. The van der Waals surface area contributed by atoms with Crippen LogP contribution in [0.1, 0.15) is 0 Å². The third kappa shape index (κ3) is 4.65. The van der Waals surface area contributed by atoms with Gasteiger partial charge < -0.3 is 8.83 Å². The lowest BCUT2D eigenvalue weighted by atomic mass is 10.1. The second kappa shape index (κ2) is 10.2. The maximum atomic E-state index is 6.06. The van der Waals surface area contributed by atoms with Gasteiger partial charge in [-0.2, -0.15) is 0 Å². The van der Waals surface area contributed by atoms with E-state index in [1.54, 1.807) is 37.2 Å². The van der Waals surface area contributed by atoms with E-state index in [2.05, 4.69) is 19.9 Å². The van der Waals surface area contributed by atoms with Crippen LogP contribution in [0, 0.1) is 0 Å². The van der Waals surface area contributed by atoms with Gasteiger partial charge >= 0.3 is 0 Å². The average molecular weight is 521 g/mol. The van der Waals surface area contributed by atoms with Crippen molar-refractivity contribution < 1.29 is 8.83 Å². The number of aromatic nitrogens is 6. The fourth-order valence-electron chi connectivity index (χ4n) is 4.30. The third-order valence-electron chi connectivity index (χ3n) is 6.31. The summed E-state index contributed by atoms with van der Waals surface area (Å²) >= 11 is 0. The molecular formula is C32H20N6O2. The number of rotatable bonds is 6. The van der Waals surface area contributed by atoms with Gasteiger partial charge in [0, 0.05) is 47.0 Å². The summed E-state index contributed by atoms with van der Waals surface area (Å²) in [6.07, 6.45) is 10.4. The first-order valence-electron chi connectivity index (χ1n) is 12.6. The van der Waals surface area contributed by atoms with Gasteiger partial charge in [0.2, 0.25) is 11.8 Å². The van der Waals surface area contributed by atoms with Crippen LogP contribution >= 0.6 is 0 Å². The van der Waals surface area contributed by atoms with Crippen molar-refractivity contribution in [3.8, 4) is 68.3 Å². The zero-order chi connectivity index (χ0) is 26.7. The number of hydrogen-bond donors (Lipinski definition) is 0. The second-order valence-electron chi connectivity index (χ2n) is 8.94. The number of hydrogen-bond acceptors (Lipinski definition) is 8. The van der Waals surface area contributed by atoms with Gasteiger partial charge in [0.25, 0.3) is 0 Å². The Morgan fingerprint density at radius 1 is 0.400 bits per heavy atom. The van der Waals surface area contributed by atoms with Crippen molar-refractivity contribution in [2.75, 3.05) is 0 Å². The smallest absolute Gasteiger partial charge is 0.226 e. The van der Waals surface area contributed by atoms with E-state index >= 15 is 0 Å². The van der Waals surface area contributed by atoms with E-state index in [9.17, 15) is 0 Å². The van der Waals surface area contributed by atoms with Gasteiger partial charge in [-0.15, -0.1) is 0 Å². The fraction of sp³-hybridized carbons (Fsp3) is 0. The van der Waals surface area contributed by atoms with Crippen LogP contribution in [0.5, 0.6) is 0 Å². The molecule has 7 aromatic rings. The Kier molecular flexibility index (Phi) is 5.95. The van der Waals surface area contributed by atoms with Gasteiger partial charge in [0.15, 0.2) is 11.5 Å². The van der Waals surface area contributed by atoms with Crippen molar-refractivity contribution in [2.45, 2.75) is 0 Å². The highest BCUT2D eigenvalue weighted by Gasteiger charge is 2.14. The molecule has 190 valence electrons. The van der Waals surface area contributed by atoms with Gasteiger partial charge in [-0.05, 0) is 72.8 Å². The minimum atomic E-state index is 0.500. The molecule has 0 aliphatic heterocycles. The molecule has 0 aliphatic carbocycles. The number of pyridine rings is 4. The monoisotopic (exact) mass is 520 g/mol. The lowest BCUT2D eigenvalue weighted by Gasteiger charge is -2.02. The molecule has 8 heteroatoms. The molecule has 40 heavy (non-hydrogen) atoms. The Hall–Kier alpha value is -5.76. The number of nitrogens with zero attached hydrogens (tertiary/aromatic N) is 6. The Balaban J connectivity index is 1.11. The molecule has 8 nitrogen and oxygen atoms in total. The minimum Gasteiger partial charge on any atom is -0.434 e. The summed E-state index contributed by atoms with van der Waals surface area (Å²) in [5.74, 6) is 2.17. The van der Waals surface area contributed by atoms with Gasteiger partial charge in [-0.25, -0.2) is 19.9 Å². The molecule has 1 aromatic carbocycles. The molecule has 0 bridgehead atoms. The topological polar surface area (TPSA) is 104 Å². The first-order valence-corrected chi connectivity index (χ1v) is 12.6. The van der Waals surface area contributed by atoms with Crippen molar-refractivity contribution in [3.63, 3.8) is 0 Å². The normalized spacial score (nSPS) is 11.0. The molecule has 0 unspecified atom stereocenters. The molecule has 0 saturated carbocycles. The number of benzene rings is 1. The first kappa shape index (κ1) is 23.4. The molecule has 0 fully saturated rings. The Bertz CT molecular complexity index is 1760. The number of oxazole rings is 2. The highest BCUT2D eigenvalue weighted by Crippen LogP contribution is 2.30. The predicted octanol–water partition coefficient (Wildman–Crippen LogP) is 7.24. The third-order valence-corrected chi connectivity index (χ3v) is 6.31. The van der Waals surface area contributed by atoms with Crippen LogP contribution in [-0.2, 0) is 0 Å². The molecule has 0 aliphatic rings. The summed E-state index contributed by atoms with van der Waals surface area (Å²) in [4.78, 5) is 26.7. The van der Waals surface area contributed by atoms with Gasteiger partial charge in [0.05, 0.1) is 23.8 Å². The SMILES string of the molecule is c1cncc(-c2cccc(-c3cnc(-c4ccc(-c5ncc(-c6cccc(-c7cccnc7)n6)o5)cc4)o3)n2)c1. The van der Waals surface area contributed by atoms with Crippen molar-refractivity contribution in [1.82, 2.24) is 29.9 Å². The van der Waals surface area contributed by atoms with Crippen molar-refractivity contribution >= 4 is 0 Å². The van der Waals surface area contributed by atoms with Gasteiger partial charge in [0.1, 0.15) is 11.4 Å². The molecule has 6 heterocycles. The molecule has 0 N–H and O–H groups in total. The molecule has 6 aromatic heterocycles. The lowest BCUT2D eigenvalue weighted by molar-refractivity contribution is 0.585. The van der Waals surface area contributed by atoms with E-state index in [1.807, 2.05) is 84.9 Å². The van der Waals surface area contributed by atoms with Crippen LogP contribution in [0.2, 0.25) is 0 Å². The molecule has 0 amide bonds. The minimum absolute atomic E-state index is 0.500. The van der Waals surface area contributed by atoms with Crippen LogP contribution in [0.25, 0.3) is 68.3 Å². The van der Waals surface area contributed by atoms with E-state index in [-0.39, 0.29) is 0 Å². The van der Waals surface area contributed by atoms with Crippen molar-refractivity contribution in [3.05, 3.63) is 122 Å². The van der Waals surface area contributed by atoms with E-state index in [4.69, 9.17) is 18.8 Å². The van der Waals surface area contributed by atoms with E-state index < -0.39 is 0 Å². The van der Waals surface area contributed by atoms with Gasteiger partial charge in [-0.3, -0.25) is 9.97 Å². The van der Waals surface area contributed by atoms with Crippen LogP contribution in [0.3, 0.4) is 0 Å². The Labute approximate surface area is 229 Å². The summed E-state index contributed by atoms with van der Waals surface area (Å²) < 4.78 is 12.1. The Morgan fingerprint density at radius 2 is 0.850 bits per heavy atom. The van der Waals surface area contributed by atoms with E-state index in [1.165, 1.54) is 0 Å². The standard InChI is InChI=1S/C32H20N6O2/c1-7-25(23-5-3-15-33-17-23)37-27(9-1)29-19-35-31(39-29)21-11-13-22(14-12-21)32-36-20-30(40-32)28-10-2-8-26(38-28)24-6-4-16-34-18-24/h1-20H. The second-order valence-corrected chi connectivity index (χ2v) is 8.94. The largest absolute Gasteiger partial charge is 0.434 e. The zero-order valence-electron chi connectivity index (χ0n) is 21.0. The van der Waals surface area contributed by atoms with Crippen molar-refractivity contribution in [2.24, 2.45) is 0 Å². The van der Waals surface area contributed by atoms with Crippen LogP contribution < -0.4 is 0 Å². The molecule has 0 atom stereocenters. The molecule has 7 rings (SSSR count). The summed E-state index contributed by atoms with van der Waals surface area (Å²) in [5.41, 5.74) is 6.56. The average Bonchev–Trinajstić information content (AvgIpc) is 3.74. The molecule has 0 saturated heterocycles. The molecule has 0 radical (unpaired) electrons. The van der Waals surface area contributed by atoms with Crippen LogP contribution in [0.4, 0.5) is 0 Å². The summed E-state index contributed by atoms with van der Waals surface area (Å²) in [6.45, 7) is 0. The highest BCUT2D eigenvalue weighted by atomic mass is 16.4. The van der Waals surface area contributed by atoms with Gasteiger partial charge in [-0.1, -0.05) is 12.1 Å². The summed E-state index contributed by atoms with van der Waals surface area (Å²) in [6, 6.07) is 27.0. The maximum absolute atomic E-state index is 6.06. The van der Waals surface area contributed by atoms with Crippen LogP contribution in [-0.4, -0.2) is 29.9 Å².